The van der Waals surface area contributed by atoms with Crippen molar-refractivity contribution in [3.8, 4) is 0 Å². The number of carbonyl (C=O) groups is 2. The number of hydrogen-bond donors (Lipinski definition) is 2. The molecule has 0 aromatic heterocycles. The molecule has 6 heteroatoms. The molecule has 1 aliphatic heterocycles. The average molecular weight is 266 g/mol. The van der Waals surface area contributed by atoms with Crippen molar-refractivity contribution in [1.29, 1.82) is 0 Å². The third-order valence-corrected chi connectivity index (χ3v) is 3.77. The Hall–Kier alpha value is -1.69. The highest BCUT2D eigenvalue weighted by atomic mass is 32.2. The maximum Gasteiger partial charge on any atom is 0.407 e. The van der Waals surface area contributed by atoms with E-state index in [0.717, 1.165) is 16.1 Å². The topological polar surface area (TPSA) is 67.4 Å². The Kier molecular flexibility index (Phi) is 3.76. The van der Waals surface area contributed by atoms with Crippen molar-refractivity contribution in [1.82, 2.24) is 5.32 Å². The van der Waals surface area contributed by atoms with Crippen molar-refractivity contribution in [2.24, 2.45) is 0 Å². The van der Waals surface area contributed by atoms with Crippen LogP contribution in [0.15, 0.2) is 23.1 Å². The highest BCUT2D eigenvalue weighted by Gasteiger charge is 2.22. The molecule has 2 rings (SSSR count). The molecule has 0 bridgehead atoms. The van der Waals surface area contributed by atoms with Gasteiger partial charge in [-0.3, -0.25) is 4.79 Å². The first-order valence-corrected chi connectivity index (χ1v) is 6.40. The van der Waals surface area contributed by atoms with Crippen LogP contribution in [0.3, 0.4) is 0 Å². The van der Waals surface area contributed by atoms with Gasteiger partial charge in [-0.25, -0.2) is 4.79 Å². The molecule has 1 aliphatic rings. The number of methoxy groups -OCH3 is 1. The Morgan fingerprint density at radius 1 is 1.56 bits per heavy atom. The van der Waals surface area contributed by atoms with Crippen LogP contribution < -0.4 is 10.6 Å². The molecule has 0 saturated carbocycles. The Balaban J connectivity index is 2.10. The summed E-state index contributed by atoms with van der Waals surface area (Å²) in [4.78, 5) is 23.6. The number of benzene rings is 1. The van der Waals surface area contributed by atoms with Crippen LogP contribution in [0.1, 0.15) is 12.5 Å². The Labute approximate surface area is 109 Å². The van der Waals surface area contributed by atoms with Crippen LogP contribution in [0.5, 0.6) is 0 Å². The molecule has 1 unspecified atom stereocenters. The summed E-state index contributed by atoms with van der Waals surface area (Å²) in [6.07, 6.45) is -0.472. The lowest BCUT2D eigenvalue weighted by Gasteiger charge is -2.21. The van der Waals surface area contributed by atoms with E-state index in [-0.39, 0.29) is 11.2 Å². The predicted molar refractivity (Wildman–Crippen MR) is 69.6 cm³/mol. The van der Waals surface area contributed by atoms with Gasteiger partial charge in [0.1, 0.15) is 0 Å². The third-order valence-electron chi connectivity index (χ3n) is 2.60. The molecule has 0 fully saturated rings. The summed E-state index contributed by atoms with van der Waals surface area (Å²) in [5.74, 6) is 0.00516. The summed E-state index contributed by atoms with van der Waals surface area (Å²) in [6.45, 7) is 2.24. The van der Waals surface area contributed by atoms with E-state index < -0.39 is 6.09 Å². The summed E-state index contributed by atoms with van der Waals surface area (Å²) in [5, 5.41) is 5.37. The van der Waals surface area contributed by atoms with E-state index in [9.17, 15) is 9.59 Å². The molecule has 1 atom stereocenters. The number of carbonyl (C=O) groups excluding carboxylic acids is 2. The lowest BCUT2D eigenvalue weighted by Crippen LogP contribution is -2.27. The number of thioether (sulfide) groups is 1. The zero-order chi connectivity index (χ0) is 13.1. The molecule has 1 heterocycles. The van der Waals surface area contributed by atoms with Crippen molar-refractivity contribution in [2.75, 3.05) is 12.4 Å². The number of anilines is 1. The lowest BCUT2D eigenvalue weighted by molar-refractivity contribution is -0.115. The minimum Gasteiger partial charge on any atom is -0.453 e. The van der Waals surface area contributed by atoms with Crippen molar-refractivity contribution in [2.45, 2.75) is 23.6 Å². The molecule has 0 spiro atoms. The van der Waals surface area contributed by atoms with Crippen molar-refractivity contribution >= 4 is 29.4 Å². The lowest BCUT2D eigenvalue weighted by atomic mass is 10.2. The van der Waals surface area contributed by atoms with Crippen LogP contribution >= 0.6 is 11.8 Å². The van der Waals surface area contributed by atoms with Gasteiger partial charge in [0.15, 0.2) is 0 Å². The van der Waals surface area contributed by atoms with Gasteiger partial charge in [0, 0.05) is 11.4 Å². The zero-order valence-electron chi connectivity index (χ0n) is 10.1. The molecule has 18 heavy (non-hydrogen) atoms. The molecular formula is C12H14N2O3S. The van der Waals surface area contributed by atoms with Crippen LogP contribution in [-0.4, -0.2) is 24.4 Å². The summed E-state index contributed by atoms with van der Waals surface area (Å²) in [5.41, 5.74) is 1.71. The van der Waals surface area contributed by atoms with Gasteiger partial charge >= 0.3 is 6.09 Å². The first-order valence-electron chi connectivity index (χ1n) is 5.52. The Morgan fingerprint density at radius 3 is 3.06 bits per heavy atom. The van der Waals surface area contributed by atoms with E-state index in [1.54, 1.807) is 0 Å². The van der Waals surface area contributed by atoms with Crippen molar-refractivity contribution in [3.63, 3.8) is 0 Å². The minimum absolute atomic E-state index is 0.00516. The van der Waals surface area contributed by atoms with E-state index in [4.69, 9.17) is 0 Å². The Bertz CT molecular complexity index is 490. The molecule has 1 aromatic rings. The maximum absolute atomic E-state index is 11.6. The van der Waals surface area contributed by atoms with Gasteiger partial charge in [0.2, 0.25) is 5.91 Å². The van der Waals surface area contributed by atoms with Gasteiger partial charge in [-0.15, -0.1) is 11.8 Å². The number of rotatable bonds is 2. The molecule has 0 radical (unpaired) electrons. The number of nitrogens with one attached hydrogen (secondary N) is 2. The molecule has 0 saturated heterocycles. The predicted octanol–water partition coefficient (Wildman–Crippen LogP) is 1.98. The fourth-order valence-electron chi connectivity index (χ4n) is 1.61. The van der Waals surface area contributed by atoms with E-state index in [1.165, 1.54) is 18.9 Å². The van der Waals surface area contributed by atoms with Gasteiger partial charge in [0.25, 0.3) is 0 Å². The fraction of sp³-hybridized carbons (Fsp3) is 0.333. The highest BCUT2D eigenvalue weighted by Crippen LogP contribution is 2.35. The van der Waals surface area contributed by atoms with E-state index in [0.29, 0.717) is 6.54 Å². The number of hydrogen-bond acceptors (Lipinski definition) is 4. The normalized spacial score (nSPS) is 17.7. The molecule has 1 aromatic carbocycles. The van der Waals surface area contributed by atoms with E-state index in [1.807, 2.05) is 25.1 Å². The van der Waals surface area contributed by atoms with Crippen LogP contribution in [0, 0.1) is 0 Å². The standard InChI is InChI=1S/C12H14N2O3S/c1-7-11(15)14-9-5-8(3-4-10(9)18-7)6-13-12(16)17-2/h3-5,7H,6H2,1-2H3,(H,13,16)(H,14,15). The molecule has 2 N–H and O–H groups in total. The smallest absolute Gasteiger partial charge is 0.407 e. The molecular weight excluding hydrogens is 252 g/mol. The van der Waals surface area contributed by atoms with Crippen LogP contribution in [0.4, 0.5) is 10.5 Å². The average Bonchev–Trinajstić information content (AvgIpc) is 2.37. The van der Waals surface area contributed by atoms with Crippen LogP contribution in [-0.2, 0) is 16.1 Å². The zero-order valence-corrected chi connectivity index (χ0v) is 11.0. The van der Waals surface area contributed by atoms with Gasteiger partial charge in [-0.2, -0.15) is 0 Å². The number of fused-ring (bicyclic) bond motifs is 1. The second-order valence-corrected chi connectivity index (χ2v) is 5.31. The van der Waals surface area contributed by atoms with E-state index in [2.05, 4.69) is 15.4 Å². The highest BCUT2D eigenvalue weighted by molar-refractivity contribution is 8.00. The quantitative estimate of drug-likeness (QED) is 0.859. The number of ether oxygens (including phenoxy) is 1. The minimum atomic E-state index is -0.472. The van der Waals surface area contributed by atoms with Gasteiger partial charge in [-0.1, -0.05) is 6.07 Å². The summed E-state index contributed by atoms with van der Waals surface area (Å²) < 4.78 is 4.49. The summed E-state index contributed by atoms with van der Waals surface area (Å²) in [6, 6.07) is 5.73. The first-order chi connectivity index (χ1) is 8.60. The second-order valence-electron chi connectivity index (χ2n) is 3.92. The second kappa shape index (κ2) is 5.30. The maximum atomic E-state index is 11.6. The number of alkyl carbamates (subject to hydrolysis) is 1. The Morgan fingerprint density at radius 2 is 2.33 bits per heavy atom. The molecule has 2 amide bonds. The number of amides is 2. The van der Waals surface area contributed by atoms with Crippen LogP contribution in [0.2, 0.25) is 0 Å². The first kappa shape index (κ1) is 12.8. The largest absolute Gasteiger partial charge is 0.453 e. The third kappa shape index (κ3) is 2.76. The van der Waals surface area contributed by atoms with Crippen LogP contribution in [0.25, 0.3) is 0 Å². The van der Waals surface area contributed by atoms with Gasteiger partial charge < -0.3 is 15.4 Å². The molecule has 5 nitrogen and oxygen atoms in total. The van der Waals surface area contributed by atoms with E-state index >= 15 is 0 Å². The van der Waals surface area contributed by atoms with Crippen molar-refractivity contribution < 1.29 is 14.3 Å². The summed E-state index contributed by atoms with van der Waals surface area (Å²) in [7, 11) is 1.32. The fourth-order valence-corrected chi connectivity index (χ4v) is 2.54. The molecule has 0 aliphatic carbocycles. The monoisotopic (exact) mass is 266 g/mol. The molecule has 96 valence electrons. The SMILES string of the molecule is COC(=O)NCc1ccc2c(c1)NC(=O)C(C)S2. The van der Waals surface area contributed by atoms with Gasteiger partial charge in [0.05, 0.1) is 18.0 Å². The van der Waals surface area contributed by atoms with Crippen molar-refractivity contribution in [3.05, 3.63) is 23.8 Å². The van der Waals surface area contributed by atoms with Gasteiger partial charge in [-0.05, 0) is 24.6 Å². The summed E-state index contributed by atoms with van der Waals surface area (Å²) >= 11 is 1.53.